The molecule has 0 fully saturated rings. The molecule has 0 aliphatic heterocycles. The number of hydrogen-bond donors (Lipinski definition) is 1. The maximum atomic E-state index is 9.02. The first-order valence-corrected chi connectivity index (χ1v) is 7.02. The van der Waals surface area contributed by atoms with Crippen LogP contribution in [-0.2, 0) is 4.74 Å². The van der Waals surface area contributed by atoms with E-state index in [-0.39, 0.29) is 6.10 Å². The van der Waals surface area contributed by atoms with E-state index in [1.54, 1.807) is 0 Å². The van der Waals surface area contributed by atoms with Gasteiger partial charge in [-0.3, -0.25) is 0 Å². The normalized spacial score (nSPS) is 11.7. The Morgan fingerprint density at radius 3 is 2.67 bits per heavy atom. The lowest BCUT2D eigenvalue weighted by molar-refractivity contribution is 0.0718. The average Bonchev–Trinajstić information content (AvgIpc) is 2.53. The highest BCUT2D eigenvalue weighted by Crippen LogP contribution is 2.18. The van der Waals surface area contributed by atoms with Crippen LogP contribution in [0.25, 0.3) is 0 Å². The molecule has 4 heteroatoms. The lowest BCUT2D eigenvalue weighted by Crippen LogP contribution is -2.16. The first-order chi connectivity index (χ1) is 10.2. The van der Waals surface area contributed by atoms with Gasteiger partial charge in [0.25, 0.3) is 0 Å². The molecular weight excluding hydrogens is 262 g/mol. The maximum absolute atomic E-state index is 9.02. The van der Waals surface area contributed by atoms with Gasteiger partial charge in [-0.1, -0.05) is 36.4 Å². The molecule has 108 valence electrons. The smallest absolute Gasteiger partial charge is 0.145 e. The van der Waals surface area contributed by atoms with Crippen molar-refractivity contribution in [3.05, 3.63) is 59.3 Å². The molecule has 4 nitrogen and oxygen atoms in total. The van der Waals surface area contributed by atoms with Crippen LogP contribution in [0.15, 0.2) is 42.5 Å². The van der Waals surface area contributed by atoms with Crippen molar-refractivity contribution in [2.75, 3.05) is 18.5 Å². The summed E-state index contributed by atoms with van der Waals surface area (Å²) in [4.78, 5) is 4.29. The molecule has 0 aliphatic rings. The van der Waals surface area contributed by atoms with E-state index in [2.05, 4.69) is 16.4 Å². The van der Waals surface area contributed by atoms with Gasteiger partial charge in [0.15, 0.2) is 0 Å². The summed E-state index contributed by atoms with van der Waals surface area (Å²) in [5.41, 5.74) is 2.46. The van der Waals surface area contributed by atoms with Gasteiger partial charge in [0.2, 0.25) is 0 Å². The van der Waals surface area contributed by atoms with Crippen LogP contribution in [0.2, 0.25) is 0 Å². The van der Waals surface area contributed by atoms with Crippen LogP contribution >= 0.6 is 0 Å². The zero-order chi connectivity index (χ0) is 15.1. The molecule has 0 saturated carbocycles. The van der Waals surface area contributed by atoms with E-state index in [0.717, 1.165) is 11.1 Å². The van der Waals surface area contributed by atoms with Crippen LogP contribution in [0, 0.1) is 18.3 Å². The Labute approximate surface area is 125 Å². The molecule has 0 radical (unpaired) electrons. The fraction of sp³-hybridized carbons (Fsp3) is 0.294. The van der Waals surface area contributed by atoms with Crippen LogP contribution in [-0.4, -0.2) is 18.1 Å². The fourth-order valence-corrected chi connectivity index (χ4v) is 2.08. The van der Waals surface area contributed by atoms with Crippen LogP contribution in [0.3, 0.4) is 0 Å². The van der Waals surface area contributed by atoms with Crippen molar-refractivity contribution in [2.45, 2.75) is 20.0 Å². The second-order valence-corrected chi connectivity index (χ2v) is 4.71. The zero-order valence-corrected chi connectivity index (χ0v) is 12.3. The number of nitrogens with one attached hydrogen (secondary N) is 1. The van der Waals surface area contributed by atoms with Crippen molar-refractivity contribution in [1.29, 1.82) is 5.26 Å². The highest BCUT2D eigenvalue weighted by Gasteiger charge is 2.11. The minimum Gasteiger partial charge on any atom is -0.372 e. The molecule has 0 amide bonds. The Kier molecular flexibility index (Phi) is 5.30. The Bertz CT molecular complexity index is 620. The molecule has 1 aromatic heterocycles. The Hall–Kier alpha value is -2.38. The van der Waals surface area contributed by atoms with Gasteiger partial charge >= 0.3 is 0 Å². The van der Waals surface area contributed by atoms with E-state index in [9.17, 15) is 0 Å². The summed E-state index contributed by atoms with van der Waals surface area (Å²) < 4.78 is 5.77. The highest BCUT2D eigenvalue weighted by molar-refractivity contribution is 5.42. The number of hydrogen-bond acceptors (Lipinski definition) is 4. The number of nitrogens with zero attached hydrogens (tertiary/aromatic N) is 2. The van der Waals surface area contributed by atoms with Gasteiger partial charge in [0.1, 0.15) is 17.6 Å². The molecule has 0 bridgehead atoms. The molecule has 0 spiro atoms. The predicted octanol–water partition coefficient (Wildman–Crippen LogP) is 3.45. The van der Waals surface area contributed by atoms with Crippen LogP contribution in [0.5, 0.6) is 0 Å². The van der Waals surface area contributed by atoms with Gasteiger partial charge in [-0.15, -0.1) is 0 Å². The van der Waals surface area contributed by atoms with Gasteiger partial charge in [0, 0.05) is 13.2 Å². The topological polar surface area (TPSA) is 57.9 Å². The molecule has 2 rings (SSSR count). The number of rotatable bonds is 6. The van der Waals surface area contributed by atoms with Gasteiger partial charge in [0.05, 0.1) is 6.10 Å². The summed E-state index contributed by atoms with van der Waals surface area (Å²) >= 11 is 0. The lowest BCUT2D eigenvalue weighted by Gasteiger charge is -2.18. The first kappa shape index (κ1) is 15.0. The van der Waals surface area contributed by atoms with E-state index in [1.807, 2.05) is 56.3 Å². The number of ether oxygens (including phenoxy) is 1. The number of aromatic nitrogens is 1. The molecule has 1 N–H and O–H groups in total. The SMILES string of the molecule is CCOC(CNc1ccc(C)c(C#N)n1)c1ccccc1. The van der Waals surface area contributed by atoms with Crippen LogP contribution in [0.4, 0.5) is 5.82 Å². The summed E-state index contributed by atoms with van der Waals surface area (Å²) in [6.45, 7) is 5.11. The number of anilines is 1. The molecule has 1 unspecified atom stereocenters. The summed E-state index contributed by atoms with van der Waals surface area (Å²) in [6.07, 6.45) is -0.0372. The second kappa shape index (κ2) is 7.41. The molecule has 21 heavy (non-hydrogen) atoms. The quantitative estimate of drug-likeness (QED) is 0.881. The van der Waals surface area contributed by atoms with E-state index in [0.29, 0.717) is 24.7 Å². The monoisotopic (exact) mass is 281 g/mol. The average molecular weight is 281 g/mol. The Morgan fingerprint density at radius 1 is 1.24 bits per heavy atom. The minimum atomic E-state index is -0.0372. The van der Waals surface area contributed by atoms with Crippen molar-refractivity contribution in [3.8, 4) is 6.07 Å². The van der Waals surface area contributed by atoms with Gasteiger partial charge in [-0.25, -0.2) is 4.98 Å². The van der Waals surface area contributed by atoms with Crippen molar-refractivity contribution in [1.82, 2.24) is 4.98 Å². The van der Waals surface area contributed by atoms with Crippen molar-refractivity contribution in [3.63, 3.8) is 0 Å². The van der Waals surface area contributed by atoms with Crippen molar-refractivity contribution >= 4 is 5.82 Å². The summed E-state index contributed by atoms with van der Waals surface area (Å²) in [5, 5.41) is 12.3. The standard InChI is InChI=1S/C17H19N3O/c1-3-21-16(14-7-5-4-6-8-14)12-19-17-10-9-13(2)15(11-18)20-17/h4-10,16H,3,12H2,1-2H3,(H,19,20). The molecule has 0 saturated heterocycles. The first-order valence-electron chi connectivity index (χ1n) is 7.02. The Balaban J connectivity index is 2.07. The highest BCUT2D eigenvalue weighted by atomic mass is 16.5. The predicted molar refractivity (Wildman–Crippen MR) is 83.0 cm³/mol. The van der Waals surface area contributed by atoms with E-state index >= 15 is 0 Å². The number of aryl methyl sites for hydroxylation is 1. The maximum Gasteiger partial charge on any atom is 0.145 e. The molecule has 0 aliphatic carbocycles. The molecule has 1 atom stereocenters. The van der Waals surface area contributed by atoms with E-state index < -0.39 is 0 Å². The third-order valence-electron chi connectivity index (χ3n) is 3.21. The molecule has 1 aromatic carbocycles. The molecule has 1 heterocycles. The molecular formula is C17H19N3O. The number of benzene rings is 1. The lowest BCUT2D eigenvalue weighted by atomic mass is 10.1. The van der Waals surface area contributed by atoms with Gasteiger partial charge in [-0.05, 0) is 31.0 Å². The number of pyridine rings is 1. The van der Waals surface area contributed by atoms with E-state index in [1.165, 1.54) is 0 Å². The van der Waals surface area contributed by atoms with Gasteiger partial charge in [-0.2, -0.15) is 5.26 Å². The summed E-state index contributed by atoms with van der Waals surface area (Å²) in [7, 11) is 0. The Morgan fingerprint density at radius 2 is 2.00 bits per heavy atom. The minimum absolute atomic E-state index is 0.0372. The van der Waals surface area contributed by atoms with Gasteiger partial charge < -0.3 is 10.1 Å². The third-order valence-corrected chi connectivity index (χ3v) is 3.21. The largest absolute Gasteiger partial charge is 0.372 e. The summed E-state index contributed by atoms with van der Waals surface area (Å²) in [6, 6.07) is 16.0. The van der Waals surface area contributed by atoms with Crippen LogP contribution in [0.1, 0.15) is 29.8 Å². The van der Waals surface area contributed by atoms with Crippen molar-refractivity contribution < 1.29 is 4.74 Å². The third kappa shape index (κ3) is 4.04. The van der Waals surface area contributed by atoms with E-state index in [4.69, 9.17) is 10.00 Å². The second-order valence-electron chi connectivity index (χ2n) is 4.71. The molecule has 2 aromatic rings. The van der Waals surface area contributed by atoms with Crippen LogP contribution < -0.4 is 5.32 Å². The fourth-order valence-electron chi connectivity index (χ4n) is 2.08. The number of nitriles is 1. The zero-order valence-electron chi connectivity index (χ0n) is 12.3. The summed E-state index contributed by atoms with van der Waals surface area (Å²) in [5.74, 6) is 0.692. The van der Waals surface area contributed by atoms with Crippen molar-refractivity contribution in [2.24, 2.45) is 0 Å².